The van der Waals surface area contributed by atoms with Gasteiger partial charge in [0.2, 0.25) is 10.0 Å². The van der Waals surface area contributed by atoms with E-state index in [1.54, 1.807) is 48.3 Å². The Hall–Kier alpha value is -2.41. The maximum Gasteiger partial charge on any atom is 0.253 e. The van der Waals surface area contributed by atoms with Crippen LogP contribution < -0.4 is 4.31 Å². The summed E-state index contributed by atoms with van der Waals surface area (Å²) in [6.07, 6.45) is 1.52. The van der Waals surface area contributed by atoms with E-state index in [1.807, 2.05) is 0 Å². The Kier molecular flexibility index (Phi) is 5.27. The van der Waals surface area contributed by atoms with Crippen molar-refractivity contribution in [3.8, 4) is 0 Å². The zero-order valence-corrected chi connectivity index (χ0v) is 15.4. The van der Waals surface area contributed by atoms with Gasteiger partial charge in [0.25, 0.3) is 5.91 Å². The molecule has 0 spiro atoms. The zero-order valence-electron chi connectivity index (χ0n) is 14.6. The van der Waals surface area contributed by atoms with Crippen molar-refractivity contribution in [2.45, 2.75) is 19.4 Å². The minimum atomic E-state index is -3.26. The van der Waals surface area contributed by atoms with Gasteiger partial charge in [-0.25, -0.2) is 12.8 Å². The molecule has 2 aromatic carbocycles. The highest BCUT2D eigenvalue weighted by Gasteiger charge is 2.26. The molecule has 7 heteroatoms. The molecule has 0 aromatic heterocycles. The lowest BCUT2D eigenvalue weighted by molar-refractivity contribution is 0.0785. The molecule has 1 saturated heterocycles. The van der Waals surface area contributed by atoms with Crippen molar-refractivity contribution in [2.75, 3.05) is 23.7 Å². The lowest BCUT2D eigenvalue weighted by atomic mass is 10.1. The Labute approximate surface area is 153 Å². The number of sulfonamides is 1. The predicted octanol–water partition coefficient (Wildman–Crippen LogP) is 3.03. The minimum Gasteiger partial charge on any atom is -0.337 e. The van der Waals surface area contributed by atoms with Crippen molar-refractivity contribution >= 4 is 21.6 Å². The van der Waals surface area contributed by atoms with E-state index < -0.39 is 10.0 Å². The van der Waals surface area contributed by atoms with Gasteiger partial charge in [0, 0.05) is 25.7 Å². The Bertz CT molecular complexity index is 880. The molecule has 0 saturated carbocycles. The van der Waals surface area contributed by atoms with Gasteiger partial charge in [0.05, 0.1) is 11.4 Å². The van der Waals surface area contributed by atoms with E-state index in [-0.39, 0.29) is 17.5 Å². The van der Waals surface area contributed by atoms with E-state index in [4.69, 9.17) is 0 Å². The SMILES string of the molecule is CN(Cc1ccc(F)cc1)C(=O)c1ccc(N2CCCCS2(=O)=O)cc1. The van der Waals surface area contributed by atoms with Crippen molar-refractivity contribution in [3.63, 3.8) is 0 Å². The van der Waals surface area contributed by atoms with Crippen molar-refractivity contribution in [2.24, 2.45) is 0 Å². The van der Waals surface area contributed by atoms with Gasteiger partial charge in [0.15, 0.2) is 0 Å². The average molecular weight is 376 g/mol. The Morgan fingerprint density at radius 2 is 1.73 bits per heavy atom. The number of hydrogen-bond donors (Lipinski definition) is 0. The second-order valence-electron chi connectivity index (χ2n) is 6.43. The van der Waals surface area contributed by atoms with E-state index in [2.05, 4.69) is 0 Å². The summed E-state index contributed by atoms with van der Waals surface area (Å²) < 4.78 is 38.7. The number of rotatable bonds is 4. The summed E-state index contributed by atoms with van der Waals surface area (Å²) in [5.74, 6) is -0.331. The number of halogens is 1. The van der Waals surface area contributed by atoms with Gasteiger partial charge in [-0.2, -0.15) is 0 Å². The molecular formula is C19H21FN2O3S. The first-order valence-corrected chi connectivity index (χ1v) is 10.1. The fraction of sp³-hybridized carbons (Fsp3) is 0.316. The van der Waals surface area contributed by atoms with E-state index in [0.717, 1.165) is 12.0 Å². The third-order valence-electron chi connectivity index (χ3n) is 4.43. The molecule has 0 atom stereocenters. The Morgan fingerprint density at radius 1 is 1.08 bits per heavy atom. The first-order chi connectivity index (χ1) is 12.4. The zero-order chi connectivity index (χ0) is 18.7. The molecule has 1 aliphatic heterocycles. The lowest BCUT2D eigenvalue weighted by Crippen LogP contribution is -2.37. The second-order valence-corrected chi connectivity index (χ2v) is 8.44. The van der Waals surface area contributed by atoms with Crippen LogP contribution in [0.3, 0.4) is 0 Å². The van der Waals surface area contributed by atoms with Gasteiger partial charge < -0.3 is 4.90 Å². The number of anilines is 1. The van der Waals surface area contributed by atoms with Crippen LogP contribution in [-0.4, -0.2) is 38.6 Å². The summed E-state index contributed by atoms with van der Waals surface area (Å²) >= 11 is 0. The van der Waals surface area contributed by atoms with Crippen LogP contribution in [0.5, 0.6) is 0 Å². The molecule has 1 heterocycles. The molecule has 26 heavy (non-hydrogen) atoms. The van der Waals surface area contributed by atoms with Crippen LogP contribution in [0.1, 0.15) is 28.8 Å². The van der Waals surface area contributed by atoms with Crippen molar-refractivity contribution in [1.29, 1.82) is 0 Å². The van der Waals surface area contributed by atoms with E-state index in [0.29, 0.717) is 30.8 Å². The number of hydrogen-bond acceptors (Lipinski definition) is 3. The maximum atomic E-state index is 13.0. The molecule has 0 unspecified atom stereocenters. The second kappa shape index (κ2) is 7.45. The van der Waals surface area contributed by atoms with Gasteiger partial charge in [-0.3, -0.25) is 9.10 Å². The van der Waals surface area contributed by atoms with E-state index >= 15 is 0 Å². The maximum absolute atomic E-state index is 13.0. The van der Waals surface area contributed by atoms with Gasteiger partial charge in [-0.05, 0) is 54.8 Å². The molecule has 1 aliphatic rings. The number of amides is 1. The lowest BCUT2D eigenvalue weighted by Gasteiger charge is -2.28. The summed E-state index contributed by atoms with van der Waals surface area (Å²) in [6, 6.07) is 12.6. The van der Waals surface area contributed by atoms with Crippen LogP contribution in [-0.2, 0) is 16.6 Å². The van der Waals surface area contributed by atoms with Crippen LogP contribution >= 0.6 is 0 Å². The fourth-order valence-electron chi connectivity index (χ4n) is 3.00. The van der Waals surface area contributed by atoms with Crippen LogP contribution in [0.15, 0.2) is 48.5 Å². The average Bonchev–Trinajstić information content (AvgIpc) is 2.63. The molecule has 1 fully saturated rings. The number of carbonyl (C=O) groups is 1. The molecule has 0 aliphatic carbocycles. The molecule has 1 amide bonds. The molecule has 2 aromatic rings. The normalized spacial score (nSPS) is 16.3. The van der Waals surface area contributed by atoms with Crippen LogP contribution in [0.25, 0.3) is 0 Å². The molecule has 138 valence electrons. The standard InChI is InChI=1S/C19H21FN2O3S/c1-21(14-15-4-8-17(20)9-5-15)19(23)16-6-10-18(11-7-16)22-12-2-3-13-26(22,24)25/h4-11H,2-3,12-14H2,1H3. The topological polar surface area (TPSA) is 57.7 Å². The fourth-order valence-corrected chi connectivity index (χ4v) is 4.64. The summed E-state index contributed by atoms with van der Waals surface area (Å²) in [5, 5.41) is 0. The highest BCUT2D eigenvalue weighted by Crippen LogP contribution is 2.24. The highest BCUT2D eigenvalue weighted by molar-refractivity contribution is 7.92. The molecule has 0 radical (unpaired) electrons. The first kappa shape index (κ1) is 18.4. The summed E-state index contributed by atoms with van der Waals surface area (Å²) in [5.41, 5.74) is 1.90. The van der Waals surface area contributed by atoms with Gasteiger partial charge in [0.1, 0.15) is 5.82 Å². The van der Waals surface area contributed by atoms with Crippen molar-refractivity contribution < 1.29 is 17.6 Å². The largest absolute Gasteiger partial charge is 0.337 e. The van der Waals surface area contributed by atoms with Crippen molar-refractivity contribution in [1.82, 2.24) is 4.90 Å². The van der Waals surface area contributed by atoms with Crippen LogP contribution in [0.2, 0.25) is 0 Å². The predicted molar refractivity (Wildman–Crippen MR) is 99.0 cm³/mol. The van der Waals surface area contributed by atoms with Gasteiger partial charge in [-0.15, -0.1) is 0 Å². The van der Waals surface area contributed by atoms with Gasteiger partial charge in [-0.1, -0.05) is 12.1 Å². The number of benzene rings is 2. The Morgan fingerprint density at radius 3 is 2.35 bits per heavy atom. The molecular weight excluding hydrogens is 355 g/mol. The third-order valence-corrected chi connectivity index (χ3v) is 6.30. The number of nitrogens with zero attached hydrogens (tertiary/aromatic N) is 2. The monoisotopic (exact) mass is 376 g/mol. The van der Waals surface area contributed by atoms with Gasteiger partial charge >= 0.3 is 0 Å². The highest BCUT2D eigenvalue weighted by atomic mass is 32.2. The summed E-state index contributed by atoms with van der Waals surface area (Å²) in [4.78, 5) is 14.1. The quantitative estimate of drug-likeness (QED) is 0.824. The van der Waals surface area contributed by atoms with E-state index in [1.165, 1.54) is 16.4 Å². The number of carbonyl (C=O) groups excluding carboxylic acids is 1. The summed E-state index contributed by atoms with van der Waals surface area (Å²) in [6.45, 7) is 0.835. The Balaban J connectivity index is 1.71. The minimum absolute atomic E-state index is 0.161. The third kappa shape index (κ3) is 4.04. The van der Waals surface area contributed by atoms with E-state index in [9.17, 15) is 17.6 Å². The van der Waals surface area contributed by atoms with Crippen molar-refractivity contribution in [3.05, 3.63) is 65.5 Å². The molecule has 0 bridgehead atoms. The molecule has 0 N–H and O–H groups in total. The molecule has 5 nitrogen and oxygen atoms in total. The molecule has 3 rings (SSSR count). The van der Waals surface area contributed by atoms with Crippen LogP contribution in [0.4, 0.5) is 10.1 Å². The van der Waals surface area contributed by atoms with Crippen LogP contribution in [0, 0.1) is 5.82 Å². The smallest absolute Gasteiger partial charge is 0.253 e. The first-order valence-electron chi connectivity index (χ1n) is 8.47. The summed E-state index contributed by atoms with van der Waals surface area (Å²) in [7, 11) is -1.59.